The van der Waals surface area contributed by atoms with Crippen molar-refractivity contribution >= 4 is 16.7 Å². The highest BCUT2D eigenvalue weighted by atomic mass is 32.2. The van der Waals surface area contributed by atoms with E-state index in [9.17, 15) is 9.00 Å². The van der Waals surface area contributed by atoms with Crippen molar-refractivity contribution in [2.45, 2.75) is 13.8 Å². The highest BCUT2D eigenvalue weighted by Crippen LogP contribution is 1.78. The van der Waals surface area contributed by atoms with Crippen molar-refractivity contribution in [3.63, 3.8) is 0 Å². The monoisotopic (exact) mass is 163 g/mol. The Morgan fingerprint density at radius 3 is 2.60 bits per heavy atom. The molecule has 0 saturated carbocycles. The SMILES string of the molecule is CCS(=O)CCNC(C)=O. The zero-order valence-corrected chi connectivity index (χ0v) is 7.16. The first-order valence-corrected chi connectivity index (χ1v) is 4.75. The second-order valence-electron chi connectivity index (χ2n) is 1.92. The molecule has 0 aliphatic rings. The van der Waals surface area contributed by atoms with Gasteiger partial charge in [0.2, 0.25) is 5.91 Å². The standard InChI is InChI=1S/C6H13NO2S/c1-3-10(9)5-4-7-6(2)8/h3-5H2,1-2H3,(H,7,8). The maximum atomic E-state index is 10.8. The summed E-state index contributed by atoms with van der Waals surface area (Å²) in [7, 11) is -0.758. The molecule has 1 amide bonds. The predicted molar refractivity (Wildman–Crippen MR) is 42.2 cm³/mol. The molecule has 60 valence electrons. The van der Waals surface area contributed by atoms with Crippen LogP contribution in [0.5, 0.6) is 0 Å². The second kappa shape index (κ2) is 5.41. The molecule has 0 radical (unpaired) electrons. The smallest absolute Gasteiger partial charge is 0.216 e. The molecular formula is C6H13NO2S. The molecule has 0 spiro atoms. The van der Waals surface area contributed by atoms with Crippen LogP contribution in [-0.4, -0.2) is 28.2 Å². The van der Waals surface area contributed by atoms with Gasteiger partial charge in [0.15, 0.2) is 0 Å². The Balaban J connectivity index is 3.20. The molecular weight excluding hydrogens is 150 g/mol. The Labute approximate surface area is 63.6 Å². The summed E-state index contributed by atoms with van der Waals surface area (Å²) in [5.74, 6) is 1.17. The predicted octanol–water partition coefficient (Wildman–Crippen LogP) is -0.109. The van der Waals surface area contributed by atoms with E-state index in [-0.39, 0.29) is 5.91 Å². The molecule has 0 bridgehead atoms. The molecule has 0 aliphatic carbocycles. The van der Waals surface area contributed by atoms with E-state index in [2.05, 4.69) is 5.32 Å². The minimum absolute atomic E-state index is 0.0619. The molecule has 0 aromatic rings. The lowest BCUT2D eigenvalue weighted by Crippen LogP contribution is -2.25. The fourth-order valence-electron chi connectivity index (χ4n) is 0.485. The number of carbonyl (C=O) groups excluding carboxylic acids is 1. The Hall–Kier alpha value is -0.380. The maximum Gasteiger partial charge on any atom is 0.216 e. The molecule has 1 unspecified atom stereocenters. The van der Waals surface area contributed by atoms with Crippen molar-refractivity contribution < 1.29 is 9.00 Å². The summed E-state index contributed by atoms with van der Waals surface area (Å²) >= 11 is 0. The summed E-state index contributed by atoms with van der Waals surface area (Å²) in [6.07, 6.45) is 0. The van der Waals surface area contributed by atoms with Crippen LogP contribution < -0.4 is 5.32 Å². The zero-order chi connectivity index (χ0) is 7.98. The third-order valence-electron chi connectivity index (χ3n) is 1.03. The Morgan fingerprint density at radius 2 is 2.20 bits per heavy atom. The van der Waals surface area contributed by atoms with E-state index in [1.54, 1.807) is 0 Å². The van der Waals surface area contributed by atoms with Crippen LogP contribution in [0.25, 0.3) is 0 Å². The Bertz CT molecular complexity index is 136. The van der Waals surface area contributed by atoms with Crippen LogP contribution in [0, 0.1) is 0 Å². The summed E-state index contributed by atoms with van der Waals surface area (Å²) in [5, 5.41) is 2.58. The van der Waals surface area contributed by atoms with Crippen molar-refractivity contribution in [1.82, 2.24) is 5.32 Å². The number of carbonyl (C=O) groups is 1. The van der Waals surface area contributed by atoms with Gasteiger partial charge in [-0.2, -0.15) is 0 Å². The van der Waals surface area contributed by atoms with Gasteiger partial charge in [-0.15, -0.1) is 0 Å². The van der Waals surface area contributed by atoms with Crippen molar-refractivity contribution in [3.8, 4) is 0 Å². The summed E-state index contributed by atoms with van der Waals surface area (Å²) in [6.45, 7) is 3.84. The van der Waals surface area contributed by atoms with E-state index in [4.69, 9.17) is 0 Å². The van der Waals surface area contributed by atoms with E-state index in [1.165, 1.54) is 6.92 Å². The molecule has 0 saturated heterocycles. The Morgan fingerprint density at radius 1 is 1.60 bits per heavy atom. The molecule has 0 rings (SSSR count). The van der Waals surface area contributed by atoms with Crippen molar-refractivity contribution in [2.24, 2.45) is 0 Å². The molecule has 3 nitrogen and oxygen atoms in total. The lowest BCUT2D eigenvalue weighted by Gasteiger charge is -1.99. The minimum Gasteiger partial charge on any atom is -0.355 e. The summed E-state index contributed by atoms with van der Waals surface area (Å²) in [4.78, 5) is 10.3. The molecule has 0 fully saturated rings. The molecule has 1 N–H and O–H groups in total. The number of nitrogens with one attached hydrogen (secondary N) is 1. The summed E-state index contributed by atoms with van der Waals surface area (Å²) < 4.78 is 10.8. The number of hydrogen-bond donors (Lipinski definition) is 1. The molecule has 10 heavy (non-hydrogen) atoms. The fourth-order valence-corrected chi connectivity index (χ4v) is 1.10. The first kappa shape index (κ1) is 9.62. The highest BCUT2D eigenvalue weighted by molar-refractivity contribution is 7.84. The second-order valence-corrected chi connectivity index (χ2v) is 3.78. The van der Waals surface area contributed by atoms with Gasteiger partial charge in [0, 0.05) is 35.8 Å². The van der Waals surface area contributed by atoms with Gasteiger partial charge in [0.25, 0.3) is 0 Å². The van der Waals surface area contributed by atoms with E-state index in [0.29, 0.717) is 18.1 Å². The van der Waals surface area contributed by atoms with Gasteiger partial charge in [0.05, 0.1) is 0 Å². The van der Waals surface area contributed by atoms with Crippen molar-refractivity contribution in [2.75, 3.05) is 18.1 Å². The number of hydrogen-bond acceptors (Lipinski definition) is 2. The van der Waals surface area contributed by atoms with Crippen molar-refractivity contribution in [3.05, 3.63) is 0 Å². The molecule has 0 aromatic heterocycles. The van der Waals surface area contributed by atoms with E-state index >= 15 is 0 Å². The topological polar surface area (TPSA) is 46.2 Å². The number of amides is 1. The van der Waals surface area contributed by atoms with Crippen LogP contribution in [0.15, 0.2) is 0 Å². The van der Waals surface area contributed by atoms with Gasteiger partial charge in [-0.05, 0) is 0 Å². The van der Waals surface area contributed by atoms with Crippen LogP contribution >= 0.6 is 0 Å². The first-order valence-electron chi connectivity index (χ1n) is 3.26. The van der Waals surface area contributed by atoms with Gasteiger partial charge < -0.3 is 5.32 Å². The lowest BCUT2D eigenvalue weighted by atomic mass is 10.6. The van der Waals surface area contributed by atoms with Crippen LogP contribution in [0.4, 0.5) is 0 Å². The van der Waals surface area contributed by atoms with Crippen LogP contribution in [0.1, 0.15) is 13.8 Å². The molecule has 0 heterocycles. The van der Waals surface area contributed by atoms with E-state index < -0.39 is 10.8 Å². The fraction of sp³-hybridized carbons (Fsp3) is 0.833. The lowest BCUT2D eigenvalue weighted by molar-refractivity contribution is -0.118. The van der Waals surface area contributed by atoms with Gasteiger partial charge >= 0.3 is 0 Å². The zero-order valence-electron chi connectivity index (χ0n) is 6.35. The third-order valence-corrected chi connectivity index (χ3v) is 2.33. The van der Waals surface area contributed by atoms with Crippen LogP contribution in [0.2, 0.25) is 0 Å². The van der Waals surface area contributed by atoms with Crippen LogP contribution in [0.3, 0.4) is 0 Å². The Kier molecular flexibility index (Phi) is 5.20. The molecule has 0 aromatic carbocycles. The van der Waals surface area contributed by atoms with E-state index in [0.717, 1.165) is 0 Å². The first-order chi connectivity index (χ1) is 4.66. The van der Waals surface area contributed by atoms with Crippen LogP contribution in [-0.2, 0) is 15.6 Å². The molecule has 4 heteroatoms. The van der Waals surface area contributed by atoms with E-state index in [1.807, 2.05) is 6.92 Å². The molecule has 0 aliphatic heterocycles. The largest absolute Gasteiger partial charge is 0.355 e. The number of rotatable bonds is 4. The maximum absolute atomic E-state index is 10.8. The van der Waals surface area contributed by atoms with Gasteiger partial charge in [-0.3, -0.25) is 9.00 Å². The average molecular weight is 163 g/mol. The van der Waals surface area contributed by atoms with Gasteiger partial charge in [-0.25, -0.2) is 0 Å². The quantitative estimate of drug-likeness (QED) is 0.628. The summed E-state index contributed by atoms with van der Waals surface area (Å²) in [5.41, 5.74) is 0. The molecule has 1 atom stereocenters. The third kappa shape index (κ3) is 5.75. The highest BCUT2D eigenvalue weighted by Gasteiger charge is 1.95. The van der Waals surface area contributed by atoms with Gasteiger partial charge in [-0.1, -0.05) is 6.92 Å². The van der Waals surface area contributed by atoms with Gasteiger partial charge in [0.1, 0.15) is 0 Å². The average Bonchev–Trinajstić information content (AvgIpc) is 1.87. The minimum atomic E-state index is -0.758. The van der Waals surface area contributed by atoms with Crippen molar-refractivity contribution in [1.29, 1.82) is 0 Å². The summed E-state index contributed by atoms with van der Waals surface area (Å²) in [6, 6.07) is 0. The normalized spacial score (nSPS) is 12.6.